The molecule has 0 unspecified atom stereocenters. The summed E-state index contributed by atoms with van der Waals surface area (Å²) in [6.07, 6.45) is 0.929. The molecule has 0 aliphatic heterocycles. The lowest BCUT2D eigenvalue weighted by Crippen LogP contribution is -2.43. The zero-order valence-electron chi connectivity index (χ0n) is 17.7. The Morgan fingerprint density at radius 2 is 1.77 bits per heavy atom. The maximum absolute atomic E-state index is 12.3. The molecule has 0 radical (unpaired) electrons. The van der Waals surface area contributed by atoms with Crippen LogP contribution in [0.4, 0.5) is 0 Å². The first-order valence-corrected chi connectivity index (χ1v) is 9.91. The van der Waals surface area contributed by atoms with Crippen molar-refractivity contribution in [2.24, 2.45) is 0 Å². The molecule has 0 spiro atoms. The van der Waals surface area contributed by atoms with Crippen LogP contribution in [0, 0.1) is 13.8 Å². The standard InChI is InChI=1S/C23H25N3O5/c1-4-17-8-10-19(11-9-17)30-14-22(27)24-25-23(28)18-6-5-7-20(12-18)29-13-21-15(2)26-31-16(21)3/h5-12H,4,13-14H2,1-3H3,(H,24,27)(H,25,28). The van der Waals surface area contributed by atoms with E-state index in [-0.39, 0.29) is 13.2 Å². The maximum atomic E-state index is 12.3. The van der Waals surface area contributed by atoms with E-state index in [2.05, 4.69) is 22.9 Å². The van der Waals surface area contributed by atoms with Gasteiger partial charge in [0.15, 0.2) is 6.61 Å². The highest BCUT2D eigenvalue weighted by atomic mass is 16.5. The maximum Gasteiger partial charge on any atom is 0.276 e. The Labute approximate surface area is 180 Å². The molecule has 3 rings (SSSR count). The minimum absolute atomic E-state index is 0.216. The predicted molar refractivity (Wildman–Crippen MR) is 114 cm³/mol. The lowest BCUT2D eigenvalue weighted by Gasteiger charge is -2.10. The number of nitrogens with one attached hydrogen (secondary N) is 2. The number of hydrogen-bond acceptors (Lipinski definition) is 6. The van der Waals surface area contributed by atoms with Crippen molar-refractivity contribution < 1.29 is 23.6 Å². The first-order valence-electron chi connectivity index (χ1n) is 9.91. The van der Waals surface area contributed by atoms with Crippen LogP contribution < -0.4 is 20.3 Å². The van der Waals surface area contributed by atoms with E-state index in [0.29, 0.717) is 22.8 Å². The van der Waals surface area contributed by atoms with Crippen LogP contribution in [0.2, 0.25) is 0 Å². The molecular formula is C23H25N3O5. The third kappa shape index (κ3) is 6.08. The van der Waals surface area contributed by atoms with Gasteiger partial charge in [0.05, 0.1) is 11.3 Å². The summed E-state index contributed by atoms with van der Waals surface area (Å²) in [5.74, 6) is 0.847. The number of hydrogen-bond donors (Lipinski definition) is 2. The van der Waals surface area contributed by atoms with Gasteiger partial charge in [-0.15, -0.1) is 0 Å². The van der Waals surface area contributed by atoms with Crippen molar-refractivity contribution >= 4 is 11.8 Å². The van der Waals surface area contributed by atoms with E-state index in [1.807, 2.05) is 26.0 Å². The molecule has 0 saturated heterocycles. The zero-order valence-corrected chi connectivity index (χ0v) is 17.7. The normalized spacial score (nSPS) is 10.4. The first kappa shape index (κ1) is 21.9. The van der Waals surface area contributed by atoms with E-state index in [0.717, 1.165) is 17.7 Å². The Morgan fingerprint density at radius 1 is 1.00 bits per heavy atom. The van der Waals surface area contributed by atoms with Crippen LogP contribution in [0.5, 0.6) is 11.5 Å². The Bertz CT molecular complexity index is 1020. The van der Waals surface area contributed by atoms with Crippen molar-refractivity contribution in [3.8, 4) is 11.5 Å². The minimum Gasteiger partial charge on any atom is -0.489 e. The largest absolute Gasteiger partial charge is 0.489 e. The van der Waals surface area contributed by atoms with Crippen LogP contribution in [-0.2, 0) is 17.8 Å². The molecule has 0 bridgehead atoms. The van der Waals surface area contributed by atoms with Crippen LogP contribution in [0.15, 0.2) is 53.1 Å². The molecule has 0 fully saturated rings. The molecule has 3 aromatic rings. The highest BCUT2D eigenvalue weighted by molar-refractivity contribution is 5.95. The summed E-state index contributed by atoms with van der Waals surface area (Å²) in [6, 6.07) is 14.1. The van der Waals surface area contributed by atoms with Gasteiger partial charge in [0.1, 0.15) is 23.9 Å². The number of carbonyl (C=O) groups excluding carboxylic acids is 2. The van der Waals surface area contributed by atoms with Gasteiger partial charge in [-0.05, 0) is 56.2 Å². The molecule has 0 aliphatic carbocycles. The molecule has 0 saturated carbocycles. The average molecular weight is 423 g/mol. The monoisotopic (exact) mass is 423 g/mol. The second-order valence-electron chi connectivity index (χ2n) is 6.91. The van der Waals surface area contributed by atoms with Crippen LogP contribution in [0.25, 0.3) is 0 Å². The summed E-state index contributed by atoms with van der Waals surface area (Å²) in [7, 11) is 0. The van der Waals surface area contributed by atoms with E-state index in [1.54, 1.807) is 36.4 Å². The minimum atomic E-state index is -0.473. The lowest BCUT2D eigenvalue weighted by molar-refractivity contribution is -0.123. The summed E-state index contributed by atoms with van der Waals surface area (Å²) in [6.45, 7) is 5.78. The molecule has 162 valence electrons. The average Bonchev–Trinajstić information content (AvgIpc) is 3.12. The molecule has 0 atom stereocenters. The summed E-state index contributed by atoms with van der Waals surface area (Å²) in [4.78, 5) is 24.3. The van der Waals surface area contributed by atoms with Crippen molar-refractivity contribution in [2.45, 2.75) is 33.8 Å². The Hall–Kier alpha value is -3.81. The van der Waals surface area contributed by atoms with Gasteiger partial charge in [-0.25, -0.2) is 0 Å². The summed E-state index contributed by atoms with van der Waals surface area (Å²) >= 11 is 0. The molecule has 2 amide bonds. The number of carbonyl (C=O) groups is 2. The summed E-state index contributed by atoms with van der Waals surface area (Å²) in [5, 5.41) is 3.89. The van der Waals surface area contributed by atoms with Crippen molar-refractivity contribution in [1.29, 1.82) is 0 Å². The van der Waals surface area contributed by atoms with Gasteiger partial charge in [0.25, 0.3) is 11.8 Å². The van der Waals surface area contributed by atoms with Gasteiger partial charge in [0.2, 0.25) is 0 Å². The highest BCUT2D eigenvalue weighted by Crippen LogP contribution is 2.18. The molecule has 1 heterocycles. The van der Waals surface area contributed by atoms with Gasteiger partial charge in [-0.2, -0.15) is 0 Å². The number of amides is 2. The molecule has 2 aromatic carbocycles. The fourth-order valence-electron chi connectivity index (χ4n) is 2.80. The zero-order chi connectivity index (χ0) is 22.2. The van der Waals surface area contributed by atoms with Crippen molar-refractivity contribution in [1.82, 2.24) is 16.0 Å². The van der Waals surface area contributed by atoms with Gasteiger partial charge in [-0.1, -0.05) is 30.3 Å². The molecule has 2 N–H and O–H groups in total. The third-order valence-corrected chi connectivity index (χ3v) is 4.68. The number of rotatable bonds is 8. The third-order valence-electron chi connectivity index (χ3n) is 4.68. The molecule has 0 aliphatic rings. The number of aryl methyl sites for hydroxylation is 3. The van der Waals surface area contributed by atoms with Crippen molar-refractivity contribution in [3.05, 3.63) is 76.7 Å². The molecule has 8 nitrogen and oxygen atoms in total. The fraction of sp³-hybridized carbons (Fsp3) is 0.261. The van der Waals surface area contributed by atoms with E-state index in [9.17, 15) is 9.59 Å². The second kappa shape index (κ2) is 10.3. The number of benzene rings is 2. The van der Waals surface area contributed by atoms with E-state index >= 15 is 0 Å². The predicted octanol–water partition coefficient (Wildman–Crippen LogP) is 3.27. The second-order valence-corrected chi connectivity index (χ2v) is 6.91. The van der Waals surface area contributed by atoms with E-state index in [1.165, 1.54) is 5.56 Å². The fourth-order valence-corrected chi connectivity index (χ4v) is 2.80. The number of nitrogens with zero attached hydrogens (tertiary/aromatic N) is 1. The van der Waals surface area contributed by atoms with E-state index < -0.39 is 11.8 Å². The first-order chi connectivity index (χ1) is 15.0. The van der Waals surface area contributed by atoms with Crippen LogP contribution in [-0.4, -0.2) is 23.6 Å². The number of ether oxygens (including phenoxy) is 2. The number of hydrazine groups is 1. The highest BCUT2D eigenvalue weighted by Gasteiger charge is 2.12. The molecule has 1 aromatic heterocycles. The number of aromatic nitrogens is 1. The summed E-state index contributed by atoms with van der Waals surface area (Å²) in [5.41, 5.74) is 7.86. The quantitative estimate of drug-likeness (QED) is 0.539. The van der Waals surface area contributed by atoms with Gasteiger partial charge in [-0.3, -0.25) is 20.4 Å². The van der Waals surface area contributed by atoms with Gasteiger partial charge >= 0.3 is 0 Å². The Morgan fingerprint density at radius 3 is 2.45 bits per heavy atom. The topological polar surface area (TPSA) is 103 Å². The molecular weight excluding hydrogens is 398 g/mol. The summed E-state index contributed by atoms with van der Waals surface area (Å²) < 4.78 is 16.3. The Kier molecular flexibility index (Phi) is 7.26. The van der Waals surface area contributed by atoms with Crippen molar-refractivity contribution in [2.75, 3.05) is 6.61 Å². The van der Waals surface area contributed by atoms with E-state index in [4.69, 9.17) is 14.0 Å². The molecule has 8 heteroatoms. The molecule has 31 heavy (non-hydrogen) atoms. The van der Waals surface area contributed by atoms with Crippen LogP contribution in [0.3, 0.4) is 0 Å². The van der Waals surface area contributed by atoms with Crippen molar-refractivity contribution in [3.63, 3.8) is 0 Å². The van der Waals surface area contributed by atoms with Gasteiger partial charge < -0.3 is 14.0 Å². The van der Waals surface area contributed by atoms with Crippen LogP contribution >= 0.6 is 0 Å². The van der Waals surface area contributed by atoms with Crippen LogP contribution in [0.1, 0.15) is 39.9 Å². The Balaban J connectivity index is 1.47. The lowest BCUT2D eigenvalue weighted by atomic mass is 10.2. The smallest absolute Gasteiger partial charge is 0.276 e. The SMILES string of the molecule is CCc1ccc(OCC(=O)NNC(=O)c2cccc(OCc3c(C)noc3C)c2)cc1. The van der Waals surface area contributed by atoms with Gasteiger partial charge in [0, 0.05) is 5.56 Å².